The number of aromatic nitrogens is 1. The molecule has 0 aliphatic rings. The first-order valence-corrected chi connectivity index (χ1v) is 7.45. The minimum atomic E-state index is -0.647. The van der Waals surface area contributed by atoms with Crippen LogP contribution in [0.1, 0.15) is 45.5 Å². The van der Waals surface area contributed by atoms with Crippen LogP contribution in [0.25, 0.3) is 0 Å². The number of rotatable bonds is 6. The quantitative estimate of drug-likeness (QED) is 0.646. The fraction of sp³-hybridized carbons (Fsp3) is 0.294. The number of Topliss-reactive ketones (excluding diaryl/α,β-unsaturated/α-hetero) is 1. The highest BCUT2D eigenvalue weighted by Gasteiger charge is 2.20. The monoisotopic (exact) mass is 330 g/mol. The van der Waals surface area contributed by atoms with Crippen molar-refractivity contribution in [3.63, 3.8) is 0 Å². The third-order valence-electron chi connectivity index (χ3n) is 3.38. The van der Waals surface area contributed by atoms with Gasteiger partial charge < -0.3 is 14.6 Å². The molecule has 0 fully saturated rings. The van der Waals surface area contributed by atoms with Crippen LogP contribution in [0.4, 0.5) is 5.69 Å². The van der Waals surface area contributed by atoms with Gasteiger partial charge in [-0.1, -0.05) is 12.1 Å². The maximum Gasteiger partial charge on any atom is 0.344 e. The van der Waals surface area contributed by atoms with Crippen LogP contribution in [0.5, 0.6) is 0 Å². The molecule has 0 bridgehead atoms. The van der Waals surface area contributed by atoms with Crippen LogP contribution in [0.3, 0.4) is 0 Å². The Labute approximate surface area is 139 Å². The SMILES string of the molecule is CCC(=O)Nc1ccc(C(=O)COC(=O)c2c(C)noc2C)cc1. The molecule has 1 aromatic heterocycles. The van der Waals surface area contributed by atoms with Crippen molar-refractivity contribution in [2.75, 3.05) is 11.9 Å². The second-order valence-corrected chi connectivity index (χ2v) is 5.18. The van der Waals surface area contributed by atoms with Gasteiger partial charge in [-0.15, -0.1) is 0 Å². The van der Waals surface area contributed by atoms with Gasteiger partial charge in [0.1, 0.15) is 11.3 Å². The lowest BCUT2D eigenvalue weighted by atomic mass is 10.1. The molecule has 0 aliphatic carbocycles. The number of carbonyl (C=O) groups excluding carboxylic acids is 3. The number of carbonyl (C=O) groups is 3. The summed E-state index contributed by atoms with van der Waals surface area (Å²) in [6.45, 7) is 4.59. The van der Waals surface area contributed by atoms with Crippen molar-refractivity contribution in [2.45, 2.75) is 27.2 Å². The van der Waals surface area contributed by atoms with E-state index in [1.54, 1.807) is 45.0 Å². The summed E-state index contributed by atoms with van der Waals surface area (Å²) < 4.78 is 9.91. The molecule has 24 heavy (non-hydrogen) atoms. The van der Waals surface area contributed by atoms with Crippen molar-refractivity contribution in [3.8, 4) is 0 Å². The number of ether oxygens (including phenoxy) is 1. The molecule has 0 saturated heterocycles. The summed E-state index contributed by atoms with van der Waals surface area (Å²) in [5.41, 5.74) is 1.64. The average molecular weight is 330 g/mol. The normalized spacial score (nSPS) is 10.3. The van der Waals surface area contributed by atoms with Crippen LogP contribution in [-0.2, 0) is 9.53 Å². The standard InChI is InChI=1S/C17H18N2O5/c1-4-15(21)18-13-7-5-12(6-8-13)14(20)9-23-17(22)16-10(2)19-24-11(16)3/h5-8H,4,9H2,1-3H3,(H,18,21). The number of hydrogen-bond acceptors (Lipinski definition) is 6. The number of hydrogen-bond donors (Lipinski definition) is 1. The van der Waals surface area contributed by atoms with Crippen LogP contribution < -0.4 is 5.32 Å². The van der Waals surface area contributed by atoms with Crippen molar-refractivity contribution < 1.29 is 23.6 Å². The molecule has 0 aliphatic heterocycles. The predicted molar refractivity (Wildman–Crippen MR) is 86.0 cm³/mol. The van der Waals surface area contributed by atoms with E-state index in [9.17, 15) is 14.4 Å². The number of anilines is 1. The summed E-state index contributed by atoms with van der Waals surface area (Å²) in [4.78, 5) is 35.3. The van der Waals surface area contributed by atoms with Gasteiger partial charge in [0.25, 0.3) is 0 Å². The Morgan fingerprint density at radius 3 is 2.38 bits per heavy atom. The first-order chi connectivity index (χ1) is 11.4. The summed E-state index contributed by atoms with van der Waals surface area (Å²) in [5, 5.41) is 6.35. The maximum atomic E-state index is 12.1. The van der Waals surface area contributed by atoms with E-state index in [1.807, 2.05) is 0 Å². The second-order valence-electron chi connectivity index (χ2n) is 5.18. The minimum absolute atomic E-state index is 0.109. The Balaban J connectivity index is 1.95. The highest BCUT2D eigenvalue weighted by atomic mass is 16.5. The Morgan fingerprint density at radius 1 is 1.17 bits per heavy atom. The maximum absolute atomic E-state index is 12.1. The molecule has 0 atom stereocenters. The lowest BCUT2D eigenvalue weighted by Gasteiger charge is -2.06. The number of aryl methyl sites for hydroxylation is 2. The van der Waals surface area contributed by atoms with E-state index in [0.717, 1.165) is 0 Å². The van der Waals surface area contributed by atoms with Crippen LogP contribution in [0.2, 0.25) is 0 Å². The molecule has 0 unspecified atom stereocenters. The summed E-state index contributed by atoms with van der Waals surface area (Å²) >= 11 is 0. The zero-order chi connectivity index (χ0) is 17.7. The molecule has 0 radical (unpaired) electrons. The van der Waals surface area contributed by atoms with Crippen LogP contribution >= 0.6 is 0 Å². The topological polar surface area (TPSA) is 98.5 Å². The van der Waals surface area contributed by atoms with Gasteiger partial charge in [0.15, 0.2) is 12.4 Å². The van der Waals surface area contributed by atoms with Crippen molar-refractivity contribution in [3.05, 3.63) is 46.8 Å². The number of benzene rings is 1. The molecule has 1 heterocycles. The molecular weight excluding hydrogens is 312 g/mol. The Hall–Kier alpha value is -2.96. The molecule has 1 N–H and O–H groups in total. The highest BCUT2D eigenvalue weighted by Crippen LogP contribution is 2.14. The lowest BCUT2D eigenvalue weighted by molar-refractivity contribution is -0.115. The largest absolute Gasteiger partial charge is 0.454 e. The van der Waals surface area contributed by atoms with E-state index in [4.69, 9.17) is 9.26 Å². The number of esters is 1. The summed E-state index contributed by atoms with van der Waals surface area (Å²) in [5.74, 6) is -0.752. The zero-order valence-electron chi connectivity index (χ0n) is 13.7. The smallest absolute Gasteiger partial charge is 0.344 e. The molecule has 7 nitrogen and oxygen atoms in total. The Kier molecular flexibility index (Phi) is 5.47. The fourth-order valence-corrected chi connectivity index (χ4v) is 2.05. The summed E-state index contributed by atoms with van der Waals surface area (Å²) in [7, 11) is 0. The molecule has 2 rings (SSSR count). The van der Waals surface area contributed by atoms with Crippen molar-refractivity contribution in [1.29, 1.82) is 0 Å². The molecular formula is C17H18N2O5. The van der Waals surface area contributed by atoms with Gasteiger partial charge in [-0.2, -0.15) is 0 Å². The first kappa shape index (κ1) is 17.4. The lowest BCUT2D eigenvalue weighted by Crippen LogP contribution is -2.15. The van der Waals surface area contributed by atoms with E-state index in [1.165, 1.54) is 0 Å². The molecule has 2 aromatic rings. The zero-order valence-corrected chi connectivity index (χ0v) is 13.7. The second kappa shape index (κ2) is 7.54. The molecule has 0 spiro atoms. The third-order valence-corrected chi connectivity index (χ3v) is 3.38. The Bertz CT molecular complexity index is 742. The van der Waals surface area contributed by atoms with Gasteiger partial charge in [-0.25, -0.2) is 4.79 Å². The number of ketones is 1. The van der Waals surface area contributed by atoms with E-state index in [2.05, 4.69) is 10.5 Å². The van der Waals surface area contributed by atoms with Gasteiger partial charge in [0.05, 0.1) is 5.69 Å². The van der Waals surface area contributed by atoms with Gasteiger partial charge in [0, 0.05) is 17.7 Å². The molecule has 1 aromatic carbocycles. The molecule has 1 amide bonds. The highest BCUT2D eigenvalue weighted by molar-refractivity contribution is 6.00. The van der Waals surface area contributed by atoms with E-state index in [-0.39, 0.29) is 23.9 Å². The van der Waals surface area contributed by atoms with Crippen LogP contribution in [-0.4, -0.2) is 29.4 Å². The molecule has 126 valence electrons. The van der Waals surface area contributed by atoms with Crippen molar-refractivity contribution in [1.82, 2.24) is 5.16 Å². The van der Waals surface area contributed by atoms with Gasteiger partial charge >= 0.3 is 5.97 Å². The average Bonchev–Trinajstić information content (AvgIpc) is 2.91. The van der Waals surface area contributed by atoms with Gasteiger partial charge in [-0.3, -0.25) is 9.59 Å². The van der Waals surface area contributed by atoms with Gasteiger partial charge in [0.2, 0.25) is 5.91 Å². The van der Waals surface area contributed by atoms with Gasteiger partial charge in [-0.05, 0) is 38.1 Å². The fourth-order valence-electron chi connectivity index (χ4n) is 2.05. The van der Waals surface area contributed by atoms with Crippen molar-refractivity contribution in [2.24, 2.45) is 0 Å². The minimum Gasteiger partial charge on any atom is -0.454 e. The number of amides is 1. The van der Waals surface area contributed by atoms with E-state index >= 15 is 0 Å². The number of nitrogens with zero attached hydrogens (tertiary/aromatic N) is 1. The summed E-state index contributed by atoms with van der Waals surface area (Å²) in [6.07, 6.45) is 0.373. The Morgan fingerprint density at radius 2 is 1.83 bits per heavy atom. The molecule has 7 heteroatoms. The summed E-state index contributed by atoms with van der Waals surface area (Å²) in [6, 6.07) is 6.38. The van der Waals surface area contributed by atoms with Crippen LogP contribution in [0.15, 0.2) is 28.8 Å². The predicted octanol–water partition coefficient (Wildman–Crippen LogP) is 2.68. The van der Waals surface area contributed by atoms with E-state index in [0.29, 0.717) is 29.1 Å². The van der Waals surface area contributed by atoms with Crippen LogP contribution in [0, 0.1) is 13.8 Å². The molecule has 0 saturated carbocycles. The van der Waals surface area contributed by atoms with Crippen molar-refractivity contribution >= 4 is 23.3 Å². The number of nitrogens with one attached hydrogen (secondary N) is 1. The first-order valence-electron chi connectivity index (χ1n) is 7.45. The third kappa shape index (κ3) is 4.07. The van der Waals surface area contributed by atoms with E-state index < -0.39 is 5.97 Å².